The van der Waals surface area contributed by atoms with Crippen molar-refractivity contribution >= 4 is 33.6 Å². The predicted molar refractivity (Wildman–Crippen MR) is 201 cm³/mol. The van der Waals surface area contributed by atoms with Gasteiger partial charge in [-0.3, -0.25) is 9.80 Å². The maximum Gasteiger partial charge on any atom is 0.410 e. The van der Waals surface area contributed by atoms with Gasteiger partial charge in [0.05, 0.1) is 29.2 Å². The van der Waals surface area contributed by atoms with E-state index in [1.54, 1.807) is 11.0 Å². The first-order valence-electron chi connectivity index (χ1n) is 19.1. The van der Waals surface area contributed by atoms with Gasteiger partial charge in [0.25, 0.3) is 0 Å². The molecule has 0 N–H and O–H groups in total. The molecule has 294 valence electrons. The van der Waals surface area contributed by atoms with Gasteiger partial charge in [-0.2, -0.15) is 9.97 Å². The minimum atomic E-state index is -0.972. The van der Waals surface area contributed by atoms with Gasteiger partial charge in [-0.15, -0.1) is 6.42 Å². The molecular formula is C41H43F3N6O6. The molecule has 2 aromatic heterocycles. The lowest BCUT2D eigenvalue weighted by Crippen LogP contribution is -2.63. The highest BCUT2D eigenvalue weighted by atomic mass is 19.1. The van der Waals surface area contributed by atoms with E-state index in [1.807, 2.05) is 25.7 Å². The number of hydrogen-bond acceptors (Lipinski definition) is 11. The first-order chi connectivity index (χ1) is 26.9. The average Bonchev–Trinajstić information content (AvgIpc) is 3.76. The third kappa shape index (κ3) is 6.00. The zero-order valence-corrected chi connectivity index (χ0v) is 31.7. The minimum Gasteiger partial charge on any atom is -0.475 e. The van der Waals surface area contributed by atoms with Gasteiger partial charge in [0.1, 0.15) is 59.0 Å². The lowest BCUT2D eigenvalue weighted by molar-refractivity contribution is 0.00537. The van der Waals surface area contributed by atoms with E-state index in [-0.39, 0.29) is 77.1 Å². The quantitative estimate of drug-likeness (QED) is 0.154. The topological polar surface area (TPSA) is 112 Å². The molecule has 15 heteroatoms. The normalized spacial score (nSPS) is 25.5. The second kappa shape index (κ2) is 13.5. The third-order valence-corrected chi connectivity index (χ3v) is 11.8. The molecule has 12 nitrogen and oxygen atoms in total. The van der Waals surface area contributed by atoms with E-state index in [0.717, 1.165) is 25.8 Å². The van der Waals surface area contributed by atoms with Crippen LogP contribution >= 0.6 is 0 Å². The molecule has 0 spiro atoms. The highest BCUT2D eigenvalue weighted by molar-refractivity contribution is 6.04. The predicted octanol–water partition coefficient (Wildman–Crippen LogP) is 6.39. The zero-order chi connectivity index (χ0) is 39.1. The fourth-order valence-electron chi connectivity index (χ4n) is 9.50. The number of hydrogen-bond donors (Lipinski definition) is 0. The molecule has 2 bridgehead atoms. The Morgan fingerprint density at radius 1 is 1.09 bits per heavy atom. The van der Waals surface area contributed by atoms with E-state index in [4.69, 9.17) is 40.1 Å². The monoisotopic (exact) mass is 772 g/mol. The number of anilines is 1. The van der Waals surface area contributed by atoms with Crippen LogP contribution in [0.4, 0.5) is 23.8 Å². The number of halogens is 3. The van der Waals surface area contributed by atoms with Gasteiger partial charge in [0, 0.05) is 37.6 Å². The van der Waals surface area contributed by atoms with Gasteiger partial charge < -0.3 is 28.6 Å². The summed E-state index contributed by atoms with van der Waals surface area (Å²) >= 11 is 0. The Bertz CT molecular complexity index is 2300. The Morgan fingerprint density at radius 3 is 2.71 bits per heavy atom. The standard InChI is InChI=1S/C41H43F3N6O6/c1-6-26-28(43)10-8-22-14-25(55-21-52-5)15-27(31(22)26)34-33(44)35-32-36(47-38(46-35)54-20-41-12-7-13-48(41)17-23(42)16-41)49-18-24-9-11-29(30(49)19-53-37(32)45-34)50(24)39(51)56-40(2,3)4/h1,8,10,14-15,23-24,29-30H,7,9,11-13,16-21H2,2-5H3/t23-,24+,29-,30+,41-/m1/s1. The molecule has 56 heavy (non-hydrogen) atoms. The first kappa shape index (κ1) is 36.6. The maximum atomic E-state index is 17.5. The summed E-state index contributed by atoms with van der Waals surface area (Å²) in [5, 5.41) is 0.970. The van der Waals surface area contributed by atoms with Crippen LogP contribution in [0.15, 0.2) is 24.3 Å². The molecule has 0 radical (unpaired) electrons. The molecule has 4 fully saturated rings. The summed E-state index contributed by atoms with van der Waals surface area (Å²) in [5.41, 5.74) is -1.46. The summed E-state index contributed by atoms with van der Waals surface area (Å²) in [6.07, 6.45) is 7.89. The number of nitrogens with zero attached hydrogens (tertiary/aromatic N) is 6. The van der Waals surface area contributed by atoms with E-state index in [2.05, 4.69) is 15.8 Å². The number of benzene rings is 2. The Labute approximate surface area is 322 Å². The van der Waals surface area contributed by atoms with Gasteiger partial charge in [-0.05, 0) is 76.6 Å². The Morgan fingerprint density at radius 2 is 1.93 bits per heavy atom. The molecule has 7 heterocycles. The van der Waals surface area contributed by atoms with Crippen molar-refractivity contribution in [2.75, 3.05) is 51.7 Å². The van der Waals surface area contributed by atoms with Crippen LogP contribution in [0.2, 0.25) is 0 Å². The third-order valence-electron chi connectivity index (χ3n) is 11.8. The number of amides is 1. The number of pyridine rings is 1. The van der Waals surface area contributed by atoms with Crippen molar-refractivity contribution in [3.63, 3.8) is 0 Å². The summed E-state index contributed by atoms with van der Waals surface area (Å²) in [7, 11) is 1.47. The van der Waals surface area contributed by atoms with Crippen molar-refractivity contribution in [3.05, 3.63) is 41.5 Å². The second-order valence-electron chi connectivity index (χ2n) is 16.4. The van der Waals surface area contributed by atoms with Gasteiger partial charge in [-0.25, -0.2) is 22.9 Å². The van der Waals surface area contributed by atoms with Crippen LogP contribution in [0.1, 0.15) is 58.4 Å². The fourth-order valence-corrected chi connectivity index (χ4v) is 9.50. The van der Waals surface area contributed by atoms with E-state index in [0.29, 0.717) is 42.9 Å². The number of fused-ring (bicyclic) bond motifs is 7. The number of terminal acetylenes is 1. The molecule has 1 amide bonds. The van der Waals surface area contributed by atoms with Gasteiger partial charge in [-0.1, -0.05) is 12.0 Å². The van der Waals surface area contributed by atoms with Crippen LogP contribution in [-0.2, 0) is 9.47 Å². The van der Waals surface area contributed by atoms with Gasteiger partial charge in [0.15, 0.2) is 12.6 Å². The Hall–Kier alpha value is -5.07. The molecule has 4 aromatic rings. The average molecular weight is 773 g/mol. The highest BCUT2D eigenvalue weighted by Gasteiger charge is 2.52. The number of methoxy groups -OCH3 is 1. The lowest BCUT2D eigenvalue weighted by Gasteiger charge is -2.46. The second-order valence-corrected chi connectivity index (χ2v) is 16.4. The van der Waals surface area contributed by atoms with Crippen LogP contribution in [0, 0.1) is 24.0 Å². The van der Waals surface area contributed by atoms with Crippen molar-refractivity contribution in [1.82, 2.24) is 24.8 Å². The molecule has 5 atom stereocenters. The molecule has 0 aliphatic carbocycles. The maximum absolute atomic E-state index is 17.5. The van der Waals surface area contributed by atoms with Gasteiger partial charge >= 0.3 is 12.1 Å². The summed E-state index contributed by atoms with van der Waals surface area (Å²) in [6, 6.07) is 4.97. The van der Waals surface area contributed by atoms with Crippen LogP contribution in [0.3, 0.4) is 0 Å². The van der Waals surface area contributed by atoms with E-state index >= 15 is 8.78 Å². The number of rotatable bonds is 7. The zero-order valence-electron chi connectivity index (χ0n) is 31.7. The number of ether oxygens (including phenoxy) is 5. The molecule has 5 aliphatic rings. The minimum absolute atomic E-state index is 0.0543. The first-order valence-corrected chi connectivity index (χ1v) is 19.1. The SMILES string of the molecule is C#Cc1c(F)ccc2cc(OCOC)cc(-c3nc4c5c(nc(OC[C@]67CCCN6C[C@H](F)C7)nc5c3F)N3C[C@@H]5CC[C@H]([C@@H]3CO4)N5C(=O)OC(C)(C)C)c12. The van der Waals surface area contributed by atoms with E-state index < -0.39 is 41.1 Å². The molecule has 0 unspecified atom stereocenters. The summed E-state index contributed by atoms with van der Waals surface area (Å²) < 4.78 is 77.2. The fraction of sp³-hybridized carbons (Fsp3) is 0.512. The molecule has 5 aliphatic heterocycles. The molecule has 9 rings (SSSR count). The van der Waals surface area contributed by atoms with Crippen LogP contribution in [-0.4, -0.2) is 113 Å². The van der Waals surface area contributed by atoms with Crippen molar-refractivity contribution in [2.24, 2.45) is 0 Å². The summed E-state index contributed by atoms with van der Waals surface area (Å²) in [4.78, 5) is 33.9. The molecule has 2 aromatic carbocycles. The van der Waals surface area contributed by atoms with Crippen molar-refractivity contribution < 1.29 is 41.7 Å². The van der Waals surface area contributed by atoms with Crippen molar-refractivity contribution in [3.8, 4) is 41.2 Å². The number of aromatic nitrogens is 3. The van der Waals surface area contributed by atoms with Crippen LogP contribution < -0.4 is 19.1 Å². The largest absolute Gasteiger partial charge is 0.475 e. The van der Waals surface area contributed by atoms with E-state index in [9.17, 15) is 9.18 Å². The molecule has 4 saturated heterocycles. The van der Waals surface area contributed by atoms with Crippen molar-refractivity contribution in [2.45, 2.75) is 88.3 Å². The number of carbonyl (C=O) groups is 1. The summed E-state index contributed by atoms with van der Waals surface area (Å²) in [5.74, 6) is 1.65. The van der Waals surface area contributed by atoms with Gasteiger partial charge in [0.2, 0.25) is 5.88 Å². The molecular weight excluding hydrogens is 729 g/mol. The van der Waals surface area contributed by atoms with Crippen molar-refractivity contribution in [1.29, 1.82) is 0 Å². The highest BCUT2D eigenvalue weighted by Crippen LogP contribution is 2.47. The Kier molecular flexibility index (Phi) is 8.85. The number of alkyl halides is 1. The Balaban J connectivity index is 1.21. The van der Waals surface area contributed by atoms with Crippen LogP contribution in [0.25, 0.3) is 32.9 Å². The van der Waals surface area contributed by atoms with E-state index in [1.165, 1.54) is 25.3 Å². The van der Waals surface area contributed by atoms with Crippen LogP contribution in [0.5, 0.6) is 17.6 Å². The summed E-state index contributed by atoms with van der Waals surface area (Å²) in [6.45, 7) is 7.07. The molecule has 0 saturated carbocycles. The number of piperazine rings is 1. The number of carbonyl (C=O) groups excluding carboxylic acids is 1. The smallest absolute Gasteiger partial charge is 0.410 e. The lowest BCUT2D eigenvalue weighted by atomic mass is 9.95.